The molecule has 0 aliphatic heterocycles. The van der Waals surface area contributed by atoms with Crippen molar-refractivity contribution in [2.24, 2.45) is 5.92 Å². The van der Waals surface area contributed by atoms with Crippen molar-refractivity contribution in [3.05, 3.63) is 18.0 Å². The normalized spacial score (nSPS) is 23.1. The Morgan fingerprint density at radius 2 is 2.05 bits per heavy atom. The third-order valence-electron chi connectivity index (χ3n) is 4.06. The minimum atomic E-state index is -3.65. The Labute approximate surface area is 125 Å². The molecule has 0 saturated heterocycles. The van der Waals surface area contributed by atoms with Crippen LogP contribution in [0.1, 0.15) is 55.9 Å². The average molecular weight is 314 g/mol. The molecule has 6 nitrogen and oxygen atoms in total. The maximum atomic E-state index is 12.2. The molecule has 1 fully saturated rings. The van der Waals surface area contributed by atoms with Crippen LogP contribution in [0.25, 0.3) is 0 Å². The summed E-state index contributed by atoms with van der Waals surface area (Å²) in [6.45, 7) is 2.17. The summed E-state index contributed by atoms with van der Waals surface area (Å²) in [7, 11) is -3.65. The zero-order chi connectivity index (χ0) is 15.5. The third-order valence-corrected chi connectivity index (χ3v) is 5.56. The lowest BCUT2D eigenvalue weighted by molar-refractivity contribution is 0.0691. The Balaban J connectivity index is 1.96. The van der Waals surface area contributed by atoms with Crippen molar-refractivity contribution < 1.29 is 18.3 Å². The standard InChI is InChI=1S/C14H22N2O4S/c1-2-3-10-4-6-11(7-5-10)16-21(19,20)12-8-13(14(17)18)15-9-12/h8-11,15-16H,2-7H2,1H3,(H,17,18). The molecule has 7 heteroatoms. The van der Waals surface area contributed by atoms with Crippen LogP contribution in [-0.2, 0) is 10.0 Å². The number of hydrogen-bond acceptors (Lipinski definition) is 3. The van der Waals surface area contributed by atoms with Crippen LogP contribution < -0.4 is 4.72 Å². The molecule has 2 rings (SSSR count). The summed E-state index contributed by atoms with van der Waals surface area (Å²) in [4.78, 5) is 13.2. The van der Waals surface area contributed by atoms with Gasteiger partial charge in [-0.05, 0) is 37.7 Å². The van der Waals surface area contributed by atoms with Crippen LogP contribution in [-0.4, -0.2) is 30.5 Å². The number of aromatic nitrogens is 1. The fourth-order valence-electron chi connectivity index (χ4n) is 2.92. The van der Waals surface area contributed by atoms with Gasteiger partial charge >= 0.3 is 5.97 Å². The molecule has 0 aromatic carbocycles. The molecule has 118 valence electrons. The van der Waals surface area contributed by atoms with E-state index in [1.165, 1.54) is 19.0 Å². The largest absolute Gasteiger partial charge is 0.477 e. The summed E-state index contributed by atoms with van der Waals surface area (Å²) in [5.41, 5.74) is -0.123. The second kappa shape index (κ2) is 6.62. The molecule has 0 unspecified atom stereocenters. The van der Waals surface area contributed by atoms with Gasteiger partial charge in [0, 0.05) is 12.2 Å². The number of carboxylic acids is 1. The number of carboxylic acid groups (broad SMARTS) is 1. The van der Waals surface area contributed by atoms with E-state index in [-0.39, 0.29) is 16.6 Å². The number of aromatic carboxylic acids is 1. The van der Waals surface area contributed by atoms with Crippen LogP contribution in [0.15, 0.2) is 17.2 Å². The highest BCUT2D eigenvalue weighted by Crippen LogP contribution is 2.28. The van der Waals surface area contributed by atoms with E-state index < -0.39 is 16.0 Å². The summed E-state index contributed by atoms with van der Waals surface area (Å²) >= 11 is 0. The van der Waals surface area contributed by atoms with E-state index in [2.05, 4.69) is 16.6 Å². The summed E-state index contributed by atoms with van der Waals surface area (Å²) in [6.07, 6.45) is 7.39. The van der Waals surface area contributed by atoms with E-state index in [4.69, 9.17) is 5.11 Å². The Kier molecular flexibility index (Phi) is 5.05. The molecule has 0 spiro atoms. The monoisotopic (exact) mass is 314 g/mol. The van der Waals surface area contributed by atoms with Crippen molar-refractivity contribution in [3.8, 4) is 0 Å². The van der Waals surface area contributed by atoms with E-state index in [0.29, 0.717) is 5.92 Å². The first-order valence-corrected chi connectivity index (χ1v) is 8.84. The fraction of sp³-hybridized carbons (Fsp3) is 0.643. The molecule has 0 atom stereocenters. The van der Waals surface area contributed by atoms with Gasteiger partial charge in [0.25, 0.3) is 0 Å². The second-order valence-corrected chi connectivity index (χ2v) is 7.40. The summed E-state index contributed by atoms with van der Waals surface area (Å²) in [6, 6.07) is 1.10. The fourth-order valence-corrected chi connectivity index (χ4v) is 4.22. The van der Waals surface area contributed by atoms with Gasteiger partial charge in [-0.15, -0.1) is 0 Å². The molecular formula is C14H22N2O4S. The van der Waals surface area contributed by atoms with E-state index in [1.807, 2.05) is 0 Å². The molecule has 0 amide bonds. The van der Waals surface area contributed by atoms with Gasteiger partial charge in [-0.1, -0.05) is 19.8 Å². The van der Waals surface area contributed by atoms with Crippen molar-refractivity contribution in [1.82, 2.24) is 9.71 Å². The lowest BCUT2D eigenvalue weighted by Crippen LogP contribution is -2.37. The first-order valence-electron chi connectivity index (χ1n) is 7.36. The molecule has 1 aromatic rings. The maximum absolute atomic E-state index is 12.2. The van der Waals surface area contributed by atoms with Crippen LogP contribution in [0, 0.1) is 5.92 Å². The van der Waals surface area contributed by atoms with Gasteiger partial charge < -0.3 is 10.1 Å². The Bertz CT molecular complexity index is 586. The minimum Gasteiger partial charge on any atom is -0.477 e. The summed E-state index contributed by atoms with van der Waals surface area (Å²) in [5.74, 6) is -0.460. The third kappa shape index (κ3) is 4.07. The van der Waals surface area contributed by atoms with Crippen molar-refractivity contribution >= 4 is 16.0 Å². The summed E-state index contributed by atoms with van der Waals surface area (Å²) in [5, 5.41) is 8.82. The van der Waals surface area contributed by atoms with Gasteiger partial charge in [0.05, 0.1) is 0 Å². The van der Waals surface area contributed by atoms with Crippen molar-refractivity contribution in [2.45, 2.75) is 56.4 Å². The molecule has 3 N–H and O–H groups in total. The van der Waals surface area contributed by atoms with Crippen molar-refractivity contribution in [1.29, 1.82) is 0 Å². The van der Waals surface area contributed by atoms with Crippen LogP contribution in [0.2, 0.25) is 0 Å². The number of H-pyrrole nitrogens is 1. The van der Waals surface area contributed by atoms with Crippen LogP contribution in [0.3, 0.4) is 0 Å². The first-order chi connectivity index (χ1) is 9.92. The number of hydrogen-bond donors (Lipinski definition) is 3. The van der Waals surface area contributed by atoms with Gasteiger partial charge in [0.2, 0.25) is 10.0 Å². The van der Waals surface area contributed by atoms with E-state index >= 15 is 0 Å². The van der Waals surface area contributed by atoms with Gasteiger partial charge in [-0.3, -0.25) is 0 Å². The topological polar surface area (TPSA) is 99.3 Å². The maximum Gasteiger partial charge on any atom is 0.352 e. The Hall–Kier alpha value is -1.34. The zero-order valence-electron chi connectivity index (χ0n) is 12.1. The second-order valence-electron chi connectivity index (χ2n) is 5.68. The predicted molar refractivity (Wildman–Crippen MR) is 78.7 cm³/mol. The number of nitrogens with one attached hydrogen (secondary N) is 2. The SMILES string of the molecule is CCCC1CCC(NS(=O)(=O)c2c[nH]c(C(=O)O)c2)CC1. The smallest absolute Gasteiger partial charge is 0.352 e. The summed E-state index contributed by atoms with van der Waals surface area (Å²) < 4.78 is 27.1. The van der Waals surface area contributed by atoms with Gasteiger partial charge in [-0.2, -0.15) is 0 Å². The van der Waals surface area contributed by atoms with Crippen molar-refractivity contribution in [3.63, 3.8) is 0 Å². The number of sulfonamides is 1. The molecule has 1 aromatic heterocycles. The first kappa shape index (κ1) is 16.0. The highest BCUT2D eigenvalue weighted by atomic mass is 32.2. The van der Waals surface area contributed by atoms with Crippen LogP contribution in [0.4, 0.5) is 0 Å². The molecule has 1 heterocycles. The predicted octanol–water partition coefficient (Wildman–Crippen LogP) is 2.35. The number of aromatic amines is 1. The van der Waals surface area contributed by atoms with Gasteiger partial charge in [-0.25, -0.2) is 17.9 Å². The molecule has 21 heavy (non-hydrogen) atoms. The molecular weight excluding hydrogens is 292 g/mol. The Morgan fingerprint density at radius 1 is 1.38 bits per heavy atom. The zero-order valence-corrected chi connectivity index (χ0v) is 12.9. The lowest BCUT2D eigenvalue weighted by Gasteiger charge is -2.28. The quantitative estimate of drug-likeness (QED) is 0.750. The van der Waals surface area contributed by atoms with E-state index in [9.17, 15) is 13.2 Å². The van der Waals surface area contributed by atoms with Crippen LogP contribution >= 0.6 is 0 Å². The van der Waals surface area contributed by atoms with Gasteiger partial charge in [0.15, 0.2) is 0 Å². The van der Waals surface area contributed by atoms with E-state index in [1.54, 1.807) is 0 Å². The van der Waals surface area contributed by atoms with Crippen molar-refractivity contribution in [2.75, 3.05) is 0 Å². The number of rotatable bonds is 6. The lowest BCUT2D eigenvalue weighted by atomic mass is 9.84. The highest BCUT2D eigenvalue weighted by molar-refractivity contribution is 7.89. The molecule has 1 saturated carbocycles. The van der Waals surface area contributed by atoms with Gasteiger partial charge in [0.1, 0.15) is 10.6 Å². The molecule has 0 radical (unpaired) electrons. The van der Waals surface area contributed by atoms with Crippen LogP contribution in [0.5, 0.6) is 0 Å². The highest BCUT2D eigenvalue weighted by Gasteiger charge is 2.26. The van der Waals surface area contributed by atoms with E-state index in [0.717, 1.165) is 31.7 Å². The number of carbonyl (C=O) groups is 1. The molecule has 1 aliphatic rings. The minimum absolute atomic E-state index is 0.0180. The molecule has 0 bridgehead atoms. The Morgan fingerprint density at radius 3 is 2.57 bits per heavy atom. The average Bonchev–Trinajstić information content (AvgIpc) is 2.92. The molecule has 1 aliphatic carbocycles.